The van der Waals surface area contributed by atoms with Gasteiger partial charge in [0.1, 0.15) is 0 Å². The normalized spacial score (nSPS) is 13.0. The van der Waals surface area contributed by atoms with Crippen LogP contribution >= 0.6 is 0 Å². The van der Waals surface area contributed by atoms with Crippen LogP contribution in [0, 0.1) is 0 Å². The minimum Gasteiger partial charge on any atom is -0.487 e. The van der Waals surface area contributed by atoms with E-state index in [0.717, 1.165) is 23.1 Å². The number of hydrogen-bond donors (Lipinski definition) is 0. The third kappa shape index (κ3) is 1.60. The molecule has 2 aromatic rings. The Balaban J connectivity index is 2.36. The zero-order valence-corrected chi connectivity index (χ0v) is 8.49. The van der Waals surface area contributed by atoms with Crippen molar-refractivity contribution in [1.29, 1.82) is 0 Å². The maximum Gasteiger partial charge on any atom is 0.175 e. The molecule has 2 nitrogen and oxygen atoms in total. The number of ether oxygens (including phenoxy) is 1. The van der Waals surface area contributed by atoms with Gasteiger partial charge in [0, 0.05) is 5.39 Å². The fourth-order valence-electron chi connectivity index (χ4n) is 1.36. The Morgan fingerprint density at radius 1 is 1.36 bits per heavy atom. The lowest BCUT2D eigenvalue weighted by Crippen LogP contribution is -2.09. The molecule has 0 spiro atoms. The Bertz CT molecular complexity index is 417. The fourth-order valence-corrected chi connectivity index (χ4v) is 1.36. The SMILES string of the molecule is CCC(C)Oc1cccc2ccoc12. The van der Waals surface area contributed by atoms with E-state index in [9.17, 15) is 0 Å². The van der Waals surface area contributed by atoms with Gasteiger partial charge in [-0.05, 0) is 25.5 Å². The fraction of sp³-hybridized carbons (Fsp3) is 0.333. The van der Waals surface area contributed by atoms with Gasteiger partial charge in [0.15, 0.2) is 11.3 Å². The molecular weight excluding hydrogens is 176 g/mol. The Labute approximate surface area is 83.5 Å². The summed E-state index contributed by atoms with van der Waals surface area (Å²) < 4.78 is 11.1. The first-order valence-corrected chi connectivity index (χ1v) is 4.94. The maximum atomic E-state index is 5.74. The van der Waals surface area contributed by atoms with Crippen LogP contribution in [0.3, 0.4) is 0 Å². The average Bonchev–Trinajstić information content (AvgIpc) is 2.66. The van der Waals surface area contributed by atoms with E-state index >= 15 is 0 Å². The molecule has 0 saturated heterocycles. The molecule has 0 bridgehead atoms. The maximum absolute atomic E-state index is 5.74. The number of fused-ring (bicyclic) bond motifs is 1. The molecule has 0 amide bonds. The number of benzene rings is 1. The van der Waals surface area contributed by atoms with E-state index in [0.29, 0.717) is 0 Å². The van der Waals surface area contributed by atoms with Gasteiger partial charge >= 0.3 is 0 Å². The largest absolute Gasteiger partial charge is 0.487 e. The van der Waals surface area contributed by atoms with Crippen molar-refractivity contribution in [1.82, 2.24) is 0 Å². The molecule has 74 valence electrons. The molecule has 0 radical (unpaired) electrons. The molecule has 14 heavy (non-hydrogen) atoms. The van der Waals surface area contributed by atoms with Crippen LogP contribution in [-0.4, -0.2) is 6.10 Å². The lowest BCUT2D eigenvalue weighted by molar-refractivity contribution is 0.217. The van der Waals surface area contributed by atoms with Crippen LogP contribution < -0.4 is 4.74 Å². The first kappa shape index (κ1) is 9.13. The summed E-state index contributed by atoms with van der Waals surface area (Å²) in [4.78, 5) is 0. The summed E-state index contributed by atoms with van der Waals surface area (Å²) in [6.45, 7) is 4.16. The second-order valence-corrected chi connectivity index (χ2v) is 3.43. The summed E-state index contributed by atoms with van der Waals surface area (Å²) in [5.41, 5.74) is 0.841. The summed E-state index contributed by atoms with van der Waals surface area (Å²) in [7, 11) is 0. The topological polar surface area (TPSA) is 22.4 Å². The zero-order valence-electron chi connectivity index (χ0n) is 8.49. The molecular formula is C12H14O2. The van der Waals surface area contributed by atoms with Gasteiger partial charge in [-0.3, -0.25) is 0 Å². The van der Waals surface area contributed by atoms with Crippen LogP contribution in [0.1, 0.15) is 20.3 Å². The first-order valence-electron chi connectivity index (χ1n) is 4.94. The number of hydrogen-bond acceptors (Lipinski definition) is 2. The van der Waals surface area contributed by atoms with Gasteiger partial charge in [0.2, 0.25) is 0 Å². The van der Waals surface area contributed by atoms with E-state index in [1.54, 1.807) is 6.26 Å². The van der Waals surface area contributed by atoms with E-state index in [2.05, 4.69) is 13.8 Å². The van der Waals surface area contributed by atoms with Crippen LogP contribution in [0.4, 0.5) is 0 Å². The third-order valence-corrected chi connectivity index (χ3v) is 2.35. The molecule has 1 aromatic carbocycles. The summed E-state index contributed by atoms with van der Waals surface area (Å²) in [6.07, 6.45) is 2.91. The Kier molecular flexibility index (Phi) is 2.44. The molecule has 2 heteroatoms. The molecule has 0 aliphatic rings. The van der Waals surface area contributed by atoms with Gasteiger partial charge in [-0.15, -0.1) is 0 Å². The lowest BCUT2D eigenvalue weighted by Gasteiger charge is -2.12. The first-order chi connectivity index (χ1) is 6.81. The molecule has 1 aromatic heterocycles. The molecule has 0 N–H and O–H groups in total. The predicted octanol–water partition coefficient (Wildman–Crippen LogP) is 3.61. The van der Waals surface area contributed by atoms with Crippen molar-refractivity contribution >= 4 is 11.0 Å². The summed E-state index contributed by atoms with van der Waals surface area (Å²) in [5.74, 6) is 0.835. The molecule has 0 fully saturated rings. The summed E-state index contributed by atoms with van der Waals surface area (Å²) in [5, 5.41) is 1.09. The highest BCUT2D eigenvalue weighted by Crippen LogP contribution is 2.27. The molecule has 0 aliphatic heterocycles. The van der Waals surface area contributed by atoms with Crippen molar-refractivity contribution < 1.29 is 9.15 Å². The standard InChI is InChI=1S/C12H14O2/c1-3-9(2)14-11-6-4-5-10-7-8-13-12(10)11/h4-9H,3H2,1-2H3. The van der Waals surface area contributed by atoms with Crippen LogP contribution in [-0.2, 0) is 0 Å². The molecule has 1 atom stereocenters. The second kappa shape index (κ2) is 3.74. The third-order valence-electron chi connectivity index (χ3n) is 2.35. The van der Waals surface area contributed by atoms with Gasteiger partial charge in [-0.2, -0.15) is 0 Å². The zero-order chi connectivity index (χ0) is 9.97. The molecule has 1 heterocycles. The summed E-state index contributed by atoms with van der Waals surface area (Å²) in [6, 6.07) is 7.88. The van der Waals surface area contributed by atoms with Crippen molar-refractivity contribution in [2.75, 3.05) is 0 Å². The van der Waals surface area contributed by atoms with Gasteiger partial charge in [0.05, 0.1) is 12.4 Å². The van der Waals surface area contributed by atoms with Crippen molar-refractivity contribution in [3.63, 3.8) is 0 Å². The van der Waals surface area contributed by atoms with E-state index in [-0.39, 0.29) is 6.10 Å². The highest BCUT2D eigenvalue weighted by Gasteiger charge is 2.07. The Morgan fingerprint density at radius 3 is 3.00 bits per heavy atom. The van der Waals surface area contributed by atoms with Crippen molar-refractivity contribution in [3.8, 4) is 5.75 Å². The predicted molar refractivity (Wildman–Crippen MR) is 56.6 cm³/mol. The quantitative estimate of drug-likeness (QED) is 0.737. The molecule has 1 unspecified atom stereocenters. The molecule has 0 saturated carbocycles. The van der Waals surface area contributed by atoms with Crippen molar-refractivity contribution in [2.45, 2.75) is 26.4 Å². The van der Waals surface area contributed by atoms with E-state index < -0.39 is 0 Å². The highest BCUT2D eigenvalue weighted by atomic mass is 16.5. The van der Waals surface area contributed by atoms with Gasteiger partial charge in [-0.1, -0.05) is 19.1 Å². The highest BCUT2D eigenvalue weighted by molar-refractivity contribution is 5.82. The Hall–Kier alpha value is -1.44. The van der Waals surface area contributed by atoms with Crippen LogP contribution in [0.25, 0.3) is 11.0 Å². The lowest BCUT2D eigenvalue weighted by atomic mass is 10.2. The molecule has 0 aliphatic carbocycles. The van der Waals surface area contributed by atoms with E-state index in [1.165, 1.54) is 0 Å². The van der Waals surface area contributed by atoms with Gasteiger partial charge in [-0.25, -0.2) is 0 Å². The van der Waals surface area contributed by atoms with Crippen molar-refractivity contribution in [3.05, 3.63) is 30.5 Å². The smallest absolute Gasteiger partial charge is 0.175 e. The van der Waals surface area contributed by atoms with Crippen LogP contribution in [0.15, 0.2) is 34.9 Å². The van der Waals surface area contributed by atoms with Gasteiger partial charge in [0.25, 0.3) is 0 Å². The van der Waals surface area contributed by atoms with Gasteiger partial charge < -0.3 is 9.15 Å². The number of para-hydroxylation sites is 1. The number of furan rings is 1. The van der Waals surface area contributed by atoms with Crippen LogP contribution in [0.2, 0.25) is 0 Å². The summed E-state index contributed by atoms with van der Waals surface area (Å²) >= 11 is 0. The van der Waals surface area contributed by atoms with Crippen molar-refractivity contribution in [2.24, 2.45) is 0 Å². The minimum atomic E-state index is 0.228. The monoisotopic (exact) mass is 190 g/mol. The van der Waals surface area contributed by atoms with E-state index in [1.807, 2.05) is 24.3 Å². The van der Waals surface area contributed by atoms with Crippen LogP contribution in [0.5, 0.6) is 5.75 Å². The average molecular weight is 190 g/mol. The van der Waals surface area contributed by atoms with E-state index in [4.69, 9.17) is 9.15 Å². The minimum absolute atomic E-state index is 0.228. The Morgan fingerprint density at radius 2 is 2.21 bits per heavy atom. The second-order valence-electron chi connectivity index (χ2n) is 3.43. The number of rotatable bonds is 3. The molecule has 2 rings (SSSR count).